The average Bonchev–Trinajstić information content (AvgIpc) is 2.74. The molecule has 0 fully saturated rings. The monoisotopic (exact) mass is 361 g/mol. The highest BCUT2D eigenvalue weighted by Gasteiger charge is 2.24. The minimum Gasteiger partial charge on any atom is -0.443 e. The molecule has 0 aliphatic heterocycles. The van der Waals surface area contributed by atoms with E-state index in [1.165, 1.54) is 5.06 Å². The van der Waals surface area contributed by atoms with Gasteiger partial charge in [-0.15, -0.1) is 0 Å². The second kappa shape index (κ2) is 9.55. The summed E-state index contributed by atoms with van der Waals surface area (Å²) in [6.07, 6.45) is -0.508. The van der Waals surface area contributed by atoms with Crippen LogP contribution in [0.5, 0.6) is 0 Å². The maximum atomic E-state index is 12.7. The molecule has 0 saturated heterocycles. The molecule has 1 atom stereocenters. The first-order valence-corrected chi connectivity index (χ1v) is 8.96. The highest BCUT2D eigenvalue weighted by molar-refractivity contribution is 5.67. The Bertz CT molecular complexity index is 822. The number of nitrogens with zero attached hydrogens (tertiary/aromatic N) is 1. The lowest BCUT2D eigenvalue weighted by Crippen LogP contribution is -2.34. The van der Waals surface area contributed by atoms with Crippen molar-refractivity contribution in [2.75, 3.05) is 0 Å². The summed E-state index contributed by atoms with van der Waals surface area (Å²) in [5.74, 6) is 0. The van der Waals surface area contributed by atoms with Crippen molar-refractivity contribution in [1.29, 1.82) is 0 Å². The van der Waals surface area contributed by atoms with Crippen molar-refractivity contribution in [3.8, 4) is 0 Å². The SMILES string of the molecule is CC(c1ccccc1)N(OCc1ccccc1)C(=O)OCc1ccccc1. The summed E-state index contributed by atoms with van der Waals surface area (Å²) in [5, 5.41) is 1.31. The number of hydrogen-bond acceptors (Lipinski definition) is 3. The number of rotatable bonds is 7. The van der Waals surface area contributed by atoms with E-state index in [1.54, 1.807) is 0 Å². The van der Waals surface area contributed by atoms with E-state index < -0.39 is 6.09 Å². The van der Waals surface area contributed by atoms with E-state index in [-0.39, 0.29) is 12.6 Å². The zero-order chi connectivity index (χ0) is 18.9. The largest absolute Gasteiger partial charge is 0.443 e. The smallest absolute Gasteiger partial charge is 0.434 e. The second-order valence-electron chi connectivity index (χ2n) is 6.21. The highest BCUT2D eigenvalue weighted by atomic mass is 16.7. The Labute approximate surface area is 159 Å². The third-order valence-electron chi connectivity index (χ3n) is 4.23. The number of amides is 1. The summed E-state index contributed by atoms with van der Waals surface area (Å²) in [4.78, 5) is 18.6. The fraction of sp³-hybridized carbons (Fsp3) is 0.174. The van der Waals surface area contributed by atoms with Gasteiger partial charge in [-0.1, -0.05) is 91.0 Å². The van der Waals surface area contributed by atoms with E-state index in [1.807, 2.05) is 97.9 Å². The lowest BCUT2D eigenvalue weighted by atomic mass is 10.1. The lowest BCUT2D eigenvalue weighted by Gasteiger charge is -2.27. The van der Waals surface area contributed by atoms with Gasteiger partial charge in [-0.05, 0) is 23.6 Å². The van der Waals surface area contributed by atoms with Crippen molar-refractivity contribution in [3.63, 3.8) is 0 Å². The highest BCUT2D eigenvalue weighted by Crippen LogP contribution is 2.22. The molecule has 0 spiro atoms. The summed E-state index contributed by atoms with van der Waals surface area (Å²) in [6.45, 7) is 2.41. The van der Waals surface area contributed by atoms with Crippen molar-refractivity contribution >= 4 is 6.09 Å². The van der Waals surface area contributed by atoms with Crippen LogP contribution in [0, 0.1) is 0 Å². The Hall–Kier alpha value is -3.11. The van der Waals surface area contributed by atoms with Crippen molar-refractivity contribution in [2.24, 2.45) is 0 Å². The Morgan fingerprint density at radius 2 is 1.26 bits per heavy atom. The van der Waals surface area contributed by atoms with Crippen LogP contribution in [0.3, 0.4) is 0 Å². The van der Waals surface area contributed by atoms with Gasteiger partial charge in [-0.3, -0.25) is 4.84 Å². The van der Waals surface area contributed by atoms with E-state index in [9.17, 15) is 4.79 Å². The number of benzene rings is 3. The summed E-state index contributed by atoms with van der Waals surface area (Å²) < 4.78 is 5.48. The molecular formula is C23H23NO3. The Morgan fingerprint density at radius 3 is 1.81 bits per heavy atom. The minimum atomic E-state index is -0.508. The van der Waals surface area contributed by atoms with E-state index in [0.29, 0.717) is 6.61 Å². The molecule has 27 heavy (non-hydrogen) atoms. The molecule has 4 nitrogen and oxygen atoms in total. The van der Waals surface area contributed by atoms with Crippen molar-refractivity contribution in [1.82, 2.24) is 5.06 Å². The zero-order valence-electron chi connectivity index (χ0n) is 15.3. The van der Waals surface area contributed by atoms with Gasteiger partial charge < -0.3 is 4.74 Å². The molecule has 4 heteroatoms. The predicted octanol–water partition coefficient (Wildman–Crippen LogP) is 5.52. The Kier molecular flexibility index (Phi) is 6.61. The molecule has 0 radical (unpaired) electrons. The van der Waals surface area contributed by atoms with Crippen LogP contribution in [0.1, 0.15) is 29.7 Å². The van der Waals surface area contributed by atoms with Gasteiger partial charge in [0.25, 0.3) is 0 Å². The summed E-state index contributed by atoms with van der Waals surface area (Å²) in [5.41, 5.74) is 2.89. The molecule has 0 aliphatic rings. The summed E-state index contributed by atoms with van der Waals surface area (Å²) in [7, 11) is 0. The lowest BCUT2D eigenvalue weighted by molar-refractivity contribution is -0.170. The molecular weight excluding hydrogens is 338 g/mol. The van der Waals surface area contributed by atoms with Gasteiger partial charge in [0.15, 0.2) is 0 Å². The van der Waals surface area contributed by atoms with Crippen molar-refractivity contribution in [2.45, 2.75) is 26.2 Å². The molecule has 0 bridgehead atoms. The van der Waals surface area contributed by atoms with Crippen LogP contribution in [-0.2, 0) is 22.8 Å². The van der Waals surface area contributed by atoms with Gasteiger partial charge >= 0.3 is 6.09 Å². The molecule has 0 saturated carbocycles. The maximum Gasteiger partial charge on any atom is 0.434 e. The number of ether oxygens (including phenoxy) is 1. The van der Waals surface area contributed by atoms with Crippen LogP contribution in [0.15, 0.2) is 91.0 Å². The topological polar surface area (TPSA) is 38.8 Å². The second-order valence-corrected chi connectivity index (χ2v) is 6.21. The third kappa shape index (κ3) is 5.43. The van der Waals surface area contributed by atoms with Gasteiger partial charge in [-0.25, -0.2) is 4.79 Å². The molecule has 1 amide bonds. The molecule has 0 aromatic heterocycles. The van der Waals surface area contributed by atoms with Crippen LogP contribution in [0.2, 0.25) is 0 Å². The van der Waals surface area contributed by atoms with Gasteiger partial charge in [0.1, 0.15) is 13.2 Å². The normalized spacial score (nSPS) is 11.6. The number of carbonyl (C=O) groups excluding carboxylic acids is 1. The van der Waals surface area contributed by atoms with Gasteiger partial charge in [0, 0.05) is 0 Å². The molecule has 1 unspecified atom stereocenters. The summed E-state index contributed by atoms with van der Waals surface area (Å²) in [6, 6.07) is 28.8. The van der Waals surface area contributed by atoms with Crippen molar-refractivity contribution < 1.29 is 14.4 Å². The van der Waals surface area contributed by atoms with Crippen LogP contribution >= 0.6 is 0 Å². The molecule has 3 rings (SSSR count). The quantitative estimate of drug-likeness (QED) is 0.520. The van der Waals surface area contributed by atoms with Gasteiger partial charge in [0.2, 0.25) is 0 Å². The van der Waals surface area contributed by atoms with Gasteiger partial charge in [-0.2, -0.15) is 5.06 Å². The van der Waals surface area contributed by atoms with E-state index >= 15 is 0 Å². The third-order valence-corrected chi connectivity index (χ3v) is 4.23. The first-order chi connectivity index (χ1) is 13.2. The van der Waals surface area contributed by atoms with Crippen LogP contribution in [0.25, 0.3) is 0 Å². The molecule has 3 aromatic rings. The predicted molar refractivity (Wildman–Crippen MR) is 105 cm³/mol. The Balaban J connectivity index is 1.70. The van der Waals surface area contributed by atoms with Crippen molar-refractivity contribution in [3.05, 3.63) is 108 Å². The first kappa shape index (κ1) is 18.7. The average molecular weight is 361 g/mol. The molecule has 138 valence electrons. The number of hydrogen-bond donors (Lipinski definition) is 0. The molecule has 0 aliphatic carbocycles. The molecule has 0 heterocycles. The number of carbonyl (C=O) groups is 1. The van der Waals surface area contributed by atoms with Gasteiger partial charge in [0.05, 0.1) is 6.04 Å². The molecule has 3 aromatic carbocycles. The fourth-order valence-electron chi connectivity index (χ4n) is 2.69. The Morgan fingerprint density at radius 1 is 0.778 bits per heavy atom. The first-order valence-electron chi connectivity index (χ1n) is 8.96. The van der Waals surface area contributed by atoms with E-state index in [4.69, 9.17) is 9.57 Å². The van der Waals surface area contributed by atoms with E-state index in [2.05, 4.69) is 0 Å². The minimum absolute atomic E-state index is 0.201. The molecule has 0 N–H and O–H groups in total. The van der Waals surface area contributed by atoms with E-state index in [0.717, 1.165) is 16.7 Å². The zero-order valence-corrected chi connectivity index (χ0v) is 15.3. The van der Waals surface area contributed by atoms with Crippen LogP contribution < -0.4 is 0 Å². The maximum absolute atomic E-state index is 12.7. The number of hydroxylamine groups is 2. The standard InChI is InChI=1S/C23H23NO3/c1-19(22-15-9-4-10-16-22)24(27-18-21-13-7-3-8-14-21)23(25)26-17-20-11-5-2-6-12-20/h2-16,19H,17-18H2,1H3. The fourth-order valence-corrected chi connectivity index (χ4v) is 2.69. The van der Waals surface area contributed by atoms with Crippen LogP contribution in [0.4, 0.5) is 4.79 Å². The summed E-state index contributed by atoms with van der Waals surface area (Å²) >= 11 is 0. The van der Waals surface area contributed by atoms with Crippen LogP contribution in [-0.4, -0.2) is 11.2 Å².